The van der Waals surface area contributed by atoms with Gasteiger partial charge in [0.2, 0.25) is 5.91 Å². The summed E-state index contributed by atoms with van der Waals surface area (Å²) in [5.41, 5.74) is -0.100. The number of ether oxygens (including phenoxy) is 1. The molecule has 0 aliphatic carbocycles. The predicted octanol–water partition coefficient (Wildman–Crippen LogP) is 0.766. The van der Waals surface area contributed by atoms with Gasteiger partial charge in [0.25, 0.3) is 0 Å². The molecule has 2 fully saturated rings. The van der Waals surface area contributed by atoms with Gasteiger partial charge in [0, 0.05) is 19.7 Å². The molecule has 0 bridgehead atoms. The molecule has 4 heteroatoms. The van der Waals surface area contributed by atoms with E-state index in [1.807, 2.05) is 11.8 Å². The zero-order chi connectivity index (χ0) is 11.6. The molecule has 16 heavy (non-hydrogen) atoms. The second-order valence-electron chi connectivity index (χ2n) is 5.06. The molecule has 2 aliphatic heterocycles. The van der Waals surface area contributed by atoms with Gasteiger partial charge in [-0.05, 0) is 32.7 Å². The molecule has 4 nitrogen and oxygen atoms in total. The number of amides is 1. The van der Waals surface area contributed by atoms with Gasteiger partial charge in [0.1, 0.15) is 0 Å². The van der Waals surface area contributed by atoms with Crippen molar-refractivity contribution in [1.82, 2.24) is 10.2 Å². The van der Waals surface area contributed by atoms with Crippen LogP contribution in [0.25, 0.3) is 0 Å². The number of likely N-dealkylation sites (tertiary alicyclic amines) is 1. The fourth-order valence-corrected chi connectivity index (χ4v) is 2.70. The van der Waals surface area contributed by atoms with Crippen molar-refractivity contribution in [3.05, 3.63) is 0 Å². The second kappa shape index (κ2) is 4.72. The molecule has 0 aromatic carbocycles. The van der Waals surface area contributed by atoms with Crippen molar-refractivity contribution in [3.8, 4) is 0 Å². The Hall–Kier alpha value is -0.610. The minimum absolute atomic E-state index is 0.0370. The Bertz CT molecular complexity index is 262. The number of nitrogens with zero attached hydrogens (tertiary/aromatic N) is 1. The average molecular weight is 226 g/mol. The molecule has 2 unspecified atom stereocenters. The SMILES string of the molecule is CCNC1CCN(CC2(C)CCCO2)C1=O. The van der Waals surface area contributed by atoms with Crippen LogP contribution in [0.3, 0.4) is 0 Å². The number of carbonyl (C=O) groups excluding carboxylic acids is 1. The van der Waals surface area contributed by atoms with Crippen LogP contribution in [-0.4, -0.2) is 48.7 Å². The topological polar surface area (TPSA) is 41.6 Å². The Morgan fingerprint density at radius 3 is 3.06 bits per heavy atom. The smallest absolute Gasteiger partial charge is 0.239 e. The lowest BCUT2D eigenvalue weighted by Gasteiger charge is -2.29. The van der Waals surface area contributed by atoms with Crippen LogP contribution in [0.4, 0.5) is 0 Å². The first-order valence-corrected chi connectivity index (χ1v) is 6.31. The molecular formula is C12H22N2O2. The summed E-state index contributed by atoms with van der Waals surface area (Å²) in [7, 11) is 0. The number of hydrogen-bond donors (Lipinski definition) is 1. The van der Waals surface area contributed by atoms with E-state index in [1.165, 1.54) is 0 Å². The minimum atomic E-state index is -0.100. The third kappa shape index (κ3) is 2.38. The first kappa shape index (κ1) is 11.9. The average Bonchev–Trinajstić information content (AvgIpc) is 2.80. The highest BCUT2D eigenvalue weighted by molar-refractivity contribution is 5.84. The van der Waals surface area contributed by atoms with Gasteiger partial charge in [-0.15, -0.1) is 0 Å². The summed E-state index contributed by atoms with van der Waals surface area (Å²) in [5.74, 6) is 0.249. The highest BCUT2D eigenvalue weighted by atomic mass is 16.5. The van der Waals surface area contributed by atoms with Crippen molar-refractivity contribution in [1.29, 1.82) is 0 Å². The number of nitrogens with one attached hydrogen (secondary N) is 1. The summed E-state index contributed by atoms with van der Waals surface area (Å²) in [4.78, 5) is 14.0. The summed E-state index contributed by atoms with van der Waals surface area (Å²) in [6, 6.07) is 0.0370. The van der Waals surface area contributed by atoms with Crippen LogP contribution < -0.4 is 5.32 Å². The van der Waals surface area contributed by atoms with Crippen molar-refractivity contribution in [3.63, 3.8) is 0 Å². The van der Waals surface area contributed by atoms with E-state index in [0.717, 1.165) is 45.5 Å². The van der Waals surface area contributed by atoms with Crippen LogP contribution in [0.15, 0.2) is 0 Å². The summed E-state index contributed by atoms with van der Waals surface area (Å²) < 4.78 is 5.73. The number of hydrogen-bond acceptors (Lipinski definition) is 3. The first-order valence-electron chi connectivity index (χ1n) is 6.31. The van der Waals surface area contributed by atoms with E-state index in [1.54, 1.807) is 0 Å². The molecule has 1 N–H and O–H groups in total. The number of likely N-dealkylation sites (N-methyl/N-ethyl adjacent to an activating group) is 1. The van der Waals surface area contributed by atoms with Crippen molar-refractivity contribution in [2.45, 2.75) is 44.8 Å². The fourth-order valence-electron chi connectivity index (χ4n) is 2.70. The summed E-state index contributed by atoms with van der Waals surface area (Å²) >= 11 is 0. The molecule has 0 aromatic rings. The quantitative estimate of drug-likeness (QED) is 0.769. The van der Waals surface area contributed by atoms with Gasteiger partial charge in [-0.2, -0.15) is 0 Å². The lowest BCUT2D eigenvalue weighted by Crippen LogP contribution is -2.44. The maximum absolute atomic E-state index is 12.0. The molecule has 2 atom stereocenters. The standard InChI is InChI=1S/C12H22N2O2/c1-3-13-10-5-7-14(11(10)15)9-12(2)6-4-8-16-12/h10,13H,3-9H2,1-2H3. The van der Waals surface area contributed by atoms with Crippen LogP contribution in [0, 0.1) is 0 Å². The van der Waals surface area contributed by atoms with Gasteiger partial charge in [0.05, 0.1) is 11.6 Å². The molecule has 92 valence electrons. The van der Waals surface area contributed by atoms with Gasteiger partial charge in [-0.25, -0.2) is 0 Å². The zero-order valence-electron chi connectivity index (χ0n) is 10.3. The predicted molar refractivity (Wildman–Crippen MR) is 62.3 cm³/mol. The molecule has 2 rings (SSSR count). The van der Waals surface area contributed by atoms with Gasteiger partial charge < -0.3 is 15.0 Å². The van der Waals surface area contributed by atoms with Gasteiger partial charge >= 0.3 is 0 Å². The van der Waals surface area contributed by atoms with E-state index in [0.29, 0.717) is 0 Å². The molecule has 0 radical (unpaired) electrons. The lowest BCUT2D eigenvalue weighted by atomic mass is 10.0. The van der Waals surface area contributed by atoms with E-state index in [9.17, 15) is 4.79 Å². The van der Waals surface area contributed by atoms with Crippen LogP contribution in [0.5, 0.6) is 0 Å². The molecule has 2 aliphatic rings. The van der Waals surface area contributed by atoms with Crippen molar-refractivity contribution in [2.24, 2.45) is 0 Å². The van der Waals surface area contributed by atoms with Crippen LogP contribution in [0.2, 0.25) is 0 Å². The van der Waals surface area contributed by atoms with Gasteiger partial charge in [-0.1, -0.05) is 6.92 Å². The van der Waals surface area contributed by atoms with E-state index >= 15 is 0 Å². The Kier molecular flexibility index (Phi) is 3.50. The third-order valence-corrected chi connectivity index (χ3v) is 3.57. The van der Waals surface area contributed by atoms with E-state index in [2.05, 4.69) is 12.2 Å². The van der Waals surface area contributed by atoms with Gasteiger partial charge in [-0.3, -0.25) is 4.79 Å². The normalized spacial score (nSPS) is 35.0. The Labute approximate surface area is 97.3 Å². The van der Waals surface area contributed by atoms with Crippen LogP contribution in [0.1, 0.15) is 33.1 Å². The largest absolute Gasteiger partial charge is 0.373 e. The summed E-state index contributed by atoms with van der Waals surface area (Å²) in [5, 5.41) is 3.23. The Morgan fingerprint density at radius 2 is 2.44 bits per heavy atom. The zero-order valence-corrected chi connectivity index (χ0v) is 10.3. The second-order valence-corrected chi connectivity index (χ2v) is 5.06. The van der Waals surface area contributed by atoms with Crippen LogP contribution in [-0.2, 0) is 9.53 Å². The summed E-state index contributed by atoms with van der Waals surface area (Å²) in [6.07, 6.45) is 3.13. The molecule has 2 heterocycles. The highest BCUT2D eigenvalue weighted by Crippen LogP contribution is 2.27. The minimum Gasteiger partial charge on any atom is -0.373 e. The first-order chi connectivity index (χ1) is 7.64. The molecule has 2 saturated heterocycles. The number of rotatable bonds is 4. The molecule has 0 aromatic heterocycles. The molecule has 0 saturated carbocycles. The molecule has 1 amide bonds. The monoisotopic (exact) mass is 226 g/mol. The lowest BCUT2D eigenvalue weighted by molar-refractivity contribution is -0.132. The molecular weight excluding hydrogens is 204 g/mol. The van der Waals surface area contributed by atoms with Crippen molar-refractivity contribution in [2.75, 3.05) is 26.2 Å². The maximum Gasteiger partial charge on any atom is 0.239 e. The van der Waals surface area contributed by atoms with E-state index in [4.69, 9.17) is 4.74 Å². The highest BCUT2D eigenvalue weighted by Gasteiger charge is 2.38. The van der Waals surface area contributed by atoms with E-state index < -0.39 is 0 Å². The fraction of sp³-hybridized carbons (Fsp3) is 0.917. The van der Waals surface area contributed by atoms with Crippen molar-refractivity contribution < 1.29 is 9.53 Å². The molecule has 0 spiro atoms. The van der Waals surface area contributed by atoms with Crippen LogP contribution >= 0.6 is 0 Å². The Balaban J connectivity index is 1.89. The Morgan fingerprint density at radius 1 is 1.62 bits per heavy atom. The van der Waals surface area contributed by atoms with Crippen molar-refractivity contribution >= 4 is 5.91 Å². The van der Waals surface area contributed by atoms with Gasteiger partial charge in [0.15, 0.2) is 0 Å². The number of carbonyl (C=O) groups is 1. The summed E-state index contributed by atoms with van der Waals surface area (Å²) in [6.45, 7) is 7.49. The maximum atomic E-state index is 12.0. The van der Waals surface area contributed by atoms with E-state index in [-0.39, 0.29) is 17.6 Å². The third-order valence-electron chi connectivity index (χ3n) is 3.57.